The summed E-state index contributed by atoms with van der Waals surface area (Å²) in [5.41, 5.74) is 3.41. The van der Waals surface area contributed by atoms with Crippen molar-refractivity contribution in [2.45, 2.75) is 0 Å². The molecule has 0 radical (unpaired) electrons. The first-order chi connectivity index (χ1) is 9.92. The van der Waals surface area contributed by atoms with E-state index in [1.807, 2.05) is 30.3 Å². The maximum Gasteiger partial charge on any atom is 0.0367 e. The summed E-state index contributed by atoms with van der Waals surface area (Å²) >= 11 is 0. The van der Waals surface area contributed by atoms with Crippen molar-refractivity contribution in [2.24, 2.45) is 0 Å². The molecule has 3 rings (SSSR count). The van der Waals surface area contributed by atoms with Gasteiger partial charge >= 0.3 is 0 Å². The molecule has 1 aliphatic rings. The Bertz CT molecular complexity index is 599. The fourth-order valence-corrected chi connectivity index (χ4v) is 2.34. The first kappa shape index (κ1) is 12.8. The number of hydrogen-bond donors (Lipinski definition) is 1. The predicted octanol–water partition coefficient (Wildman–Crippen LogP) is 2.50. The van der Waals surface area contributed by atoms with Crippen molar-refractivity contribution in [3.8, 4) is 11.8 Å². The van der Waals surface area contributed by atoms with Crippen LogP contribution in [0, 0.1) is 11.8 Å². The van der Waals surface area contributed by atoms with E-state index in [2.05, 4.69) is 46.3 Å². The second-order valence-electron chi connectivity index (χ2n) is 4.90. The van der Waals surface area contributed by atoms with Gasteiger partial charge in [0, 0.05) is 43.0 Å². The van der Waals surface area contributed by atoms with E-state index in [-0.39, 0.29) is 0 Å². The molecule has 1 fully saturated rings. The van der Waals surface area contributed by atoms with Crippen molar-refractivity contribution >= 4 is 5.69 Å². The number of piperazine rings is 1. The Morgan fingerprint density at radius 2 is 1.35 bits per heavy atom. The second-order valence-corrected chi connectivity index (χ2v) is 4.90. The van der Waals surface area contributed by atoms with Crippen LogP contribution in [-0.2, 0) is 0 Å². The summed E-state index contributed by atoms with van der Waals surface area (Å²) in [6, 6.07) is 18.6. The quantitative estimate of drug-likeness (QED) is 0.794. The van der Waals surface area contributed by atoms with Crippen molar-refractivity contribution in [1.29, 1.82) is 0 Å². The zero-order valence-electron chi connectivity index (χ0n) is 11.5. The van der Waals surface area contributed by atoms with Crippen LogP contribution in [0.3, 0.4) is 0 Å². The molecule has 0 saturated carbocycles. The third kappa shape index (κ3) is 3.20. The molecule has 0 bridgehead atoms. The molecule has 2 aromatic rings. The van der Waals surface area contributed by atoms with Gasteiger partial charge in [-0.3, -0.25) is 0 Å². The fraction of sp³-hybridized carbons (Fsp3) is 0.222. The summed E-state index contributed by atoms with van der Waals surface area (Å²) < 4.78 is 0. The molecule has 0 atom stereocenters. The molecular weight excluding hydrogens is 244 g/mol. The van der Waals surface area contributed by atoms with Crippen LogP contribution in [0.4, 0.5) is 5.69 Å². The van der Waals surface area contributed by atoms with E-state index in [1.54, 1.807) is 0 Å². The van der Waals surface area contributed by atoms with Crippen LogP contribution < -0.4 is 10.2 Å². The van der Waals surface area contributed by atoms with Crippen molar-refractivity contribution in [3.05, 3.63) is 65.7 Å². The minimum Gasteiger partial charge on any atom is -0.369 e. The molecule has 0 aliphatic carbocycles. The summed E-state index contributed by atoms with van der Waals surface area (Å²) in [5.74, 6) is 6.40. The standard InChI is InChI=1S/C18H18N2/c1-2-4-16(5-3-1)6-7-17-8-10-18(11-9-17)20-14-12-19-13-15-20/h1-5,8-11,19H,12-15H2. The van der Waals surface area contributed by atoms with Gasteiger partial charge < -0.3 is 10.2 Å². The molecule has 0 spiro atoms. The zero-order chi connectivity index (χ0) is 13.6. The molecule has 2 nitrogen and oxygen atoms in total. The maximum absolute atomic E-state index is 3.37. The highest BCUT2D eigenvalue weighted by molar-refractivity contribution is 5.52. The van der Waals surface area contributed by atoms with E-state index in [4.69, 9.17) is 0 Å². The van der Waals surface area contributed by atoms with Crippen LogP contribution in [0.1, 0.15) is 11.1 Å². The molecule has 1 saturated heterocycles. The zero-order valence-corrected chi connectivity index (χ0v) is 11.5. The second kappa shape index (κ2) is 6.27. The van der Waals surface area contributed by atoms with Gasteiger partial charge in [-0.15, -0.1) is 0 Å². The Hall–Kier alpha value is -2.24. The van der Waals surface area contributed by atoms with Crippen molar-refractivity contribution in [3.63, 3.8) is 0 Å². The summed E-state index contributed by atoms with van der Waals surface area (Å²) in [7, 11) is 0. The van der Waals surface area contributed by atoms with Crippen LogP contribution in [0.5, 0.6) is 0 Å². The number of rotatable bonds is 1. The van der Waals surface area contributed by atoms with Crippen LogP contribution >= 0.6 is 0 Å². The third-order valence-electron chi connectivity index (χ3n) is 3.47. The van der Waals surface area contributed by atoms with Gasteiger partial charge in [0.15, 0.2) is 0 Å². The van der Waals surface area contributed by atoms with Crippen molar-refractivity contribution in [2.75, 3.05) is 31.1 Å². The normalized spacial score (nSPS) is 14.5. The number of nitrogens with one attached hydrogen (secondary N) is 1. The lowest BCUT2D eigenvalue weighted by Crippen LogP contribution is -2.43. The Kier molecular flexibility index (Phi) is 4.01. The van der Waals surface area contributed by atoms with Crippen LogP contribution in [0.2, 0.25) is 0 Å². The number of nitrogens with zero attached hydrogens (tertiary/aromatic N) is 1. The van der Waals surface area contributed by atoms with Gasteiger partial charge in [0.1, 0.15) is 0 Å². The predicted molar refractivity (Wildman–Crippen MR) is 83.9 cm³/mol. The fourth-order valence-electron chi connectivity index (χ4n) is 2.34. The van der Waals surface area contributed by atoms with E-state index < -0.39 is 0 Å². The summed E-state index contributed by atoms with van der Waals surface area (Å²) in [5, 5.41) is 3.37. The van der Waals surface area contributed by atoms with Gasteiger partial charge in [-0.25, -0.2) is 0 Å². The lowest BCUT2D eigenvalue weighted by molar-refractivity contribution is 0.589. The molecule has 1 aliphatic heterocycles. The van der Waals surface area contributed by atoms with E-state index in [0.717, 1.165) is 37.3 Å². The smallest absolute Gasteiger partial charge is 0.0367 e. The Morgan fingerprint density at radius 1 is 0.750 bits per heavy atom. The van der Waals surface area contributed by atoms with Crippen LogP contribution in [-0.4, -0.2) is 26.2 Å². The topological polar surface area (TPSA) is 15.3 Å². The molecule has 1 heterocycles. The van der Waals surface area contributed by atoms with E-state index in [9.17, 15) is 0 Å². The minimum atomic E-state index is 1.05. The molecule has 0 amide bonds. The average Bonchev–Trinajstić information content (AvgIpc) is 2.55. The minimum absolute atomic E-state index is 1.05. The van der Waals surface area contributed by atoms with Gasteiger partial charge in [-0.2, -0.15) is 0 Å². The largest absolute Gasteiger partial charge is 0.369 e. The Balaban J connectivity index is 1.72. The highest BCUT2D eigenvalue weighted by Crippen LogP contribution is 2.15. The maximum atomic E-state index is 3.37. The molecule has 0 aromatic heterocycles. The Morgan fingerprint density at radius 3 is 2.00 bits per heavy atom. The van der Waals surface area contributed by atoms with Gasteiger partial charge in [-0.05, 0) is 36.4 Å². The Labute approximate surface area is 120 Å². The summed E-state index contributed by atoms with van der Waals surface area (Å²) in [6.07, 6.45) is 0. The highest BCUT2D eigenvalue weighted by atomic mass is 15.2. The highest BCUT2D eigenvalue weighted by Gasteiger charge is 2.09. The SMILES string of the molecule is C(#Cc1ccc(N2CCNCC2)cc1)c1ccccc1. The molecule has 0 unspecified atom stereocenters. The molecule has 20 heavy (non-hydrogen) atoms. The van der Waals surface area contributed by atoms with Gasteiger partial charge in [-0.1, -0.05) is 30.0 Å². The van der Waals surface area contributed by atoms with Crippen LogP contribution in [0.25, 0.3) is 0 Å². The molecular formula is C18H18N2. The van der Waals surface area contributed by atoms with Crippen molar-refractivity contribution < 1.29 is 0 Å². The number of anilines is 1. The first-order valence-electron chi connectivity index (χ1n) is 7.05. The molecule has 2 aromatic carbocycles. The van der Waals surface area contributed by atoms with Crippen molar-refractivity contribution in [1.82, 2.24) is 5.32 Å². The van der Waals surface area contributed by atoms with Crippen LogP contribution in [0.15, 0.2) is 54.6 Å². The third-order valence-corrected chi connectivity index (χ3v) is 3.47. The van der Waals surface area contributed by atoms with Gasteiger partial charge in [0.05, 0.1) is 0 Å². The summed E-state index contributed by atoms with van der Waals surface area (Å²) in [6.45, 7) is 4.29. The lowest BCUT2D eigenvalue weighted by Gasteiger charge is -2.29. The number of benzene rings is 2. The molecule has 100 valence electrons. The lowest BCUT2D eigenvalue weighted by atomic mass is 10.1. The van der Waals surface area contributed by atoms with E-state index in [1.165, 1.54) is 5.69 Å². The monoisotopic (exact) mass is 262 g/mol. The number of hydrogen-bond acceptors (Lipinski definition) is 2. The summed E-state index contributed by atoms with van der Waals surface area (Å²) in [4.78, 5) is 2.41. The molecule has 1 N–H and O–H groups in total. The average molecular weight is 262 g/mol. The van der Waals surface area contributed by atoms with E-state index in [0.29, 0.717) is 0 Å². The molecule has 2 heteroatoms. The first-order valence-corrected chi connectivity index (χ1v) is 7.05. The van der Waals surface area contributed by atoms with Gasteiger partial charge in [0.2, 0.25) is 0 Å². The van der Waals surface area contributed by atoms with Gasteiger partial charge in [0.25, 0.3) is 0 Å². The van der Waals surface area contributed by atoms with E-state index >= 15 is 0 Å².